The summed E-state index contributed by atoms with van der Waals surface area (Å²) in [6.07, 6.45) is -2.27. The molecule has 1 amide bonds. The molecule has 1 unspecified atom stereocenters. The Morgan fingerprint density at radius 1 is 1.34 bits per heavy atom. The van der Waals surface area contributed by atoms with Gasteiger partial charge in [-0.1, -0.05) is 19.1 Å². The second-order valence-electron chi connectivity index (χ2n) is 6.90. The number of likely N-dealkylation sites (tertiary alicyclic amines) is 1. The molecule has 1 aromatic carbocycles. The normalized spacial score (nSPS) is 17.6. The highest BCUT2D eigenvalue weighted by Gasteiger charge is 2.34. The lowest BCUT2D eigenvalue weighted by Crippen LogP contribution is -2.44. The van der Waals surface area contributed by atoms with Crippen LogP contribution in [-0.2, 0) is 11.3 Å². The first kappa shape index (κ1) is 25.5. The first-order chi connectivity index (χ1) is 13.3. The third kappa shape index (κ3) is 9.66. The van der Waals surface area contributed by atoms with E-state index >= 15 is 0 Å². The molecule has 1 aliphatic heterocycles. The highest BCUT2D eigenvalue weighted by molar-refractivity contribution is 14.0. The third-order valence-corrected chi connectivity index (χ3v) is 4.39. The van der Waals surface area contributed by atoms with E-state index < -0.39 is 12.7 Å². The molecule has 2 rings (SSSR count). The van der Waals surface area contributed by atoms with Crippen LogP contribution in [0, 0.1) is 0 Å². The SMILES string of the molecule is CCCC(=O)Nc1cccc(CNC(=NC)NC2CCN(CC(F)(F)F)C2)c1.I. The van der Waals surface area contributed by atoms with Crippen LogP contribution in [0.2, 0.25) is 0 Å². The molecule has 6 nitrogen and oxygen atoms in total. The highest BCUT2D eigenvalue weighted by Crippen LogP contribution is 2.20. The Hall–Kier alpha value is -1.56. The number of guanidine groups is 1. The Kier molecular flexibility index (Phi) is 10.7. The van der Waals surface area contributed by atoms with E-state index in [1.54, 1.807) is 7.05 Å². The summed E-state index contributed by atoms with van der Waals surface area (Å²) in [5.74, 6) is 0.522. The zero-order valence-corrected chi connectivity index (χ0v) is 19.0. The molecule has 1 heterocycles. The average molecular weight is 527 g/mol. The molecular formula is C19H29F3IN5O. The van der Waals surface area contributed by atoms with Gasteiger partial charge in [-0.2, -0.15) is 13.2 Å². The molecule has 0 radical (unpaired) electrons. The minimum Gasteiger partial charge on any atom is -0.352 e. The summed E-state index contributed by atoms with van der Waals surface area (Å²) < 4.78 is 37.5. The molecule has 3 N–H and O–H groups in total. The van der Waals surface area contributed by atoms with E-state index in [4.69, 9.17) is 0 Å². The van der Waals surface area contributed by atoms with Gasteiger partial charge in [-0.05, 0) is 30.5 Å². The van der Waals surface area contributed by atoms with Gasteiger partial charge in [-0.3, -0.25) is 14.7 Å². The Labute approximate surface area is 186 Å². The lowest BCUT2D eigenvalue weighted by molar-refractivity contribution is -0.143. The standard InChI is InChI=1S/C19H28F3N5O.HI/c1-3-5-17(28)25-15-7-4-6-14(10-15)11-24-18(23-2)26-16-8-9-27(12-16)13-19(20,21)22;/h4,6-7,10,16H,3,5,8-9,11-13H2,1-2H3,(H,25,28)(H2,23,24,26);1H. The Morgan fingerprint density at radius 2 is 2.10 bits per heavy atom. The van der Waals surface area contributed by atoms with Crippen LogP contribution >= 0.6 is 24.0 Å². The molecule has 29 heavy (non-hydrogen) atoms. The van der Waals surface area contributed by atoms with Gasteiger partial charge in [0.15, 0.2) is 5.96 Å². The van der Waals surface area contributed by atoms with Crippen molar-refractivity contribution >= 4 is 41.5 Å². The van der Waals surface area contributed by atoms with Crippen LogP contribution in [0.5, 0.6) is 0 Å². The average Bonchev–Trinajstić information content (AvgIpc) is 3.04. The van der Waals surface area contributed by atoms with Crippen molar-refractivity contribution in [3.63, 3.8) is 0 Å². The van der Waals surface area contributed by atoms with Crippen LogP contribution < -0.4 is 16.0 Å². The van der Waals surface area contributed by atoms with E-state index in [0.29, 0.717) is 38.4 Å². The van der Waals surface area contributed by atoms with E-state index in [0.717, 1.165) is 17.7 Å². The highest BCUT2D eigenvalue weighted by atomic mass is 127. The van der Waals surface area contributed by atoms with Crippen molar-refractivity contribution < 1.29 is 18.0 Å². The number of alkyl halides is 3. The van der Waals surface area contributed by atoms with E-state index in [-0.39, 0.29) is 35.9 Å². The second-order valence-corrected chi connectivity index (χ2v) is 6.90. The number of hydrogen-bond donors (Lipinski definition) is 3. The number of hydrogen-bond acceptors (Lipinski definition) is 3. The molecule has 1 atom stereocenters. The Morgan fingerprint density at radius 3 is 2.76 bits per heavy atom. The molecule has 1 aromatic rings. The minimum absolute atomic E-state index is 0. The van der Waals surface area contributed by atoms with Crippen molar-refractivity contribution in [2.24, 2.45) is 4.99 Å². The number of carbonyl (C=O) groups is 1. The van der Waals surface area contributed by atoms with Gasteiger partial charge in [0.2, 0.25) is 5.91 Å². The molecule has 0 bridgehead atoms. The first-order valence-corrected chi connectivity index (χ1v) is 9.44. The molecule has 0 aliphatic carbocycles. The monoisotopic (exact) mass is 527 g/mol. The minimum atomic E-state index is -4.17. The summed E-state index contributed by atoms with van der Waals surface area (Å²) in [5.41, 5.74) is 1.70. The van der Waals surface area contributed by atoms with Crippen molar-refractivity contribution in [3.05, 3.63) is 29.8 Å². The van der Waals surface area contributed by atoms with Gasteiger partial charge >= 0.3 is 6.18 Å². The van der Waals surface area contributed by atoms with E-state index in [1.165, 1.54) is 4.90 Å². The molecule has 1 fully saturated rings. The lowest BCUT2D eigenvalue weighted by Gasteiger charge is -2.20. The smallest absolute Gasteiger partial charge is 0.352 e. The number of nitrogens with zero attached hydrogens (tertiary/aromatic N) is 2. The maximum absolute atomic E-state index is 12.5. The van der Waals surface area contributed by atoms with E-state index in [2.05, 4.69) is 20.9 Å². The fourth-order valence-electron chi connectivity index (χ4n) is 3.13. The summed E-state index contributed by atoms with van der Waals surface area (Å²) in [7, 11) is 1.62. The number of aliphatic imine (C=N–C) groups is 1. The largest absolute Gasteiger partial charge is 0.401 e. The number of halogens is 4. The Balaban J connectivity index is 0.00000420. The van der Waals surface area contributed by atoms with Crippen LogP contribution in [0.1, 0.15) is 31.7 Å². The van der Waals surface area contributed by atoms with E-state index in [9.17, 15) is 18.0 Å². The van der Waals surface area contributed by atoms with Gasteiger partial charge < -0.3 is 16.0 Å². The number of rotatable bonds is 7. The van der Waals surface area contributed by atoms with Crippen molar-refractivity contribution in [1.82, 2.24) is 15.5 Å². The molecule has 1 saturated heterocycles. The molecular weight excluding hydrogens is 498 g/mol. The quantitative estimate of drug-likeness (QED) is 0.289. The number of carbonyl (C=O) groups excluding carboxylic acids is 1. The van der Waals surface area contributed by atoms with Gasteiger partial charge in [0.1, 0.15) is 0 Å². The van der Waals surface area contributed by atoms with Gasteiger partial charge in [-0.15, -0.1) is 24.0 Å². The zero-order chi connectivity index (χ0) is 20.6. The van der Waals surface area contributed by atoms with Crippen LogP contribution in [0.25, 0.3) is 0 Å². The molecule has 0 spiro atoms. The third-order valence-electron chi connectivity index (χ3n) is 4.39. The van der Waals surface area contributed by atoms with Crippen molar-refractivity contribution in [2.45, 2.75) is 44.9 Å². The van der Waals surface area contributed by atoms with Crippen molar-refractivity contribution in [3.8, 4) is 0 Å². The van der Waals surface area contributed by atoms with Crippen molar-refractivity contribution in [2.75, 3.05) is 32.0 Å². The van der Waals surface area contributed by atoms with Gasteiger partial charge in [0, 0.05) is 44.8 Å². The van der Waals surface area contributed by atoms with Crippen LogP contribution in [0.15, 0.2) is 29.3 Å². The fraction of sp³-hybridized carbons (Fsp3) is 0.579. The molecule has 1 aliphatic rings. The number of benzene rings is 1. The summed E-state index contributed by atoms with van der Waals surface area (Å²) in [4.78, 5) is 17.3. The summed E-state index contributed by atoms with van der Waals surface area (Å²) >= 11 is 0. The number of anilines is 1. The lowest BCUT2D eigenvalue weighted by atomic mass is 10.2. The summed E-state index contributed by atoms with van der Waals surface area (Å²) in [6.45, 7) is 2.29. The topological polar surface area (TPSA) is 68.8 Å². The Bertz CT molecular complexity index is 684. The van der Waals surface area contributed by atoms with Gasteiger partial charge in [-0.25, -0.2) is 0 Å². The molecule has 0 saturated carbocycles. The first-order valence-electron chi connectivity index (χ1n) is 9.44. The van der Waals surface area contributed by atoms with Crippen LogP contribution in [0.4, 0.5) is 18.9 Å². The van der Waals surface area contributed by atoms with Crippen LogP contribution in [-0.4, -0.2) is 55.7 Å². The predicted molar refractivity (Wildman–Crippen MR) is 120 cm³/mol. The van der Waals surface area contributed by atoms with Crippen molar-refractivity contribution in [1.29, 1.82) is 0 Å². The van der Waals surface area contributed by atoms with E-state index in [1.807, 2.05) is 31.2 Å². The molecule has 164 valence electrons. The second kappa shape index (κ2) is 12.2. The summed E-state index contributed by atoms with van der Waals surface area (Å²) in [6, 6.07) is 7.43. The fourth-order valence-corrected chi connectivity index (χ4v) is 3.13. The maximum Gasteiger partial charge on any atom is 0.401 e. The number of nitrogens with one attached hydrogen (secondary N) is 3. The van der Waals surface area contributed by atoms with Gasteiger partial charge in [0.05, 0.1) is 6.54 Å². The summed E-state index contributed by atoms with van der Waals surface area (Å²) in [5, 5.41) is 9.20. The number of amides is 1. The van der Waals surface area contributed by atoms with Crippen LogP contribution in [0.3, 0.4) is 0 Å². The molecule has 0 aromatic heterocycles. The molecule has 10 heteroatoms. The van der Waals surface area contributed by atoms with Gasteiger partial charge in [0.25, 0.3) is 0 Å². The zero-order valence-electron chi connectivity index (χ0n) is 16.7. The maximum atomic E-state index is 12.5. The predicted octanol–water partition coefficient (Wildman–Crippen LogP) is 3.34.